The molecule has 36 valence electrons. The zero-order valence-electron chi connectivity index (χ0n) is 3.83. The van der Waals surface area contributed by atoms with Crippen LogP contribution < -0.4 is 5.32 Å². The van der Waals surface area contributed by atoms with Crippen LogP contribution in [0.15, 0.2) is 4.99 Å². The van der Waals surface area contributed by atoms with Gasteiger partial charge in [-0.2, -0.15) is 0 Å². The fraction of sp³-hybridized carbons (Fsp3) is 0.667. The highest BCUT2D eigenvalue weighted by Crippen LogP contribution is 1.77. The Hall–Kier alpha value is -0.0500. The lowest BCUT2D eigenvalue weighted by molar-refractivity contribution is 1.19. The Balaban J connectivity index is 3.22. The van der Waals surface area contributed by atoms with Gasteiger partial charge in [0.2, 0.25) is 0 Å². The summed E-state index contributed by atoms with van der Waals surface area (Å²) in [6, 6.07) is 0. The van der Waals surface area contributed by atoms with Gasteiger partial charge >= 0.3 is 0 Å². The second-order valence-corrected chi connectivity index (χ2v) is 1.52. The molecule has 6 heavy (non-hydrogen) atoms. The molecule has 3 heteroatoms. The van der Waals surface area contributed by atoms with Crippen molar-refractivity contribution in [3.63, 3.8) is 0 Å². The molecule has 0 amide bonds. The summed E-state index contributed by atoms with van der Waals surface area (Å²) in [5.74, 6) is 0. The van der Waals surface area contributed by atoms with E-state index in [2.05, 4.69) is 26.2 Å². The van der Waals surface area contributed by atoms with Gasteiger partial charge in [0.15, 0.2) is 4.74 Å². The Labute approximate surface area is 45.8 Å². The quantitative estimate of drug-likeness (QED) is 0.305. The first-order valence-electron chi connectivity index (χ1n) is 1.61. The predicted molar refractivity (Wildman–Crippen MR) is 31.3 cm³/mol. The van der Waals surface area contributed by atoms with Gasteiger partial charge in [0, 0.05) is 14.1 Å². The van der Waals surface area contributed by atoms with Crippen LogP contribution in [0.3, 0.4) is 0 Å². The Morgan fingerprint density at radius 1 is 1.83 bits per heavy atom. The highest BCUT2D eigenvalue weighted by atomic mass is 79.9. The van der Waals surface area contributed by atoms with Gasteiger partial charge in [-0.25, -0.2) is 0 Å². The molecule has 0 saturated heterocycles. The van der Waals surface area contributed by atoms with Gasteiger partial charge in [-0.05, 0) is 15.9 Å². The monoisotopic (exact) mass is 150 g/mol. The molecule has 0 aliphatic heterocycles. The smallest absolute Gasteiger partial charge is 0.165 e. The summed E-state index contributed by atoms with van der Waals surface area (Å²) in [7, 11) is 3.51. The summed E-state index contributed by atoms with van der Waals surface area (Å²) < 4.78 is 0.780. The van der Waals surface area contributed by atoms with Gasteiger partial charge in [0.1, 0.15) is 0 Å². The minimum atomic E-state index is 0.780. The second-order valence-electron chi connectivity index (χ2n) is 0.764. The molecule has 0 aliphatic carbocycles. The van der Waals surface area contributed by atoms with Crippen molar-refractivity contribution in [3.05, 3.63) is 0 Å². The van der Waals surface area contributed by atoms with Crippen molar-refractivity contribution in [2.75, 3.05) is 14.1 Å². The van der Waals surface area contributed by atoms with E-state index in [0.29, 0.717) is 0 Å². The SMILES string of the molecule is C/N=C(\Br)NC. The van der Waals surface area contributed by atoms with Gasteiger partial charge in [-0.1, -0.05) is 0 Å². The summed E-state index contributed by atoms with van der Waals surface area (Å²) in [6.07, 6.45) is 0. The van der Waals surface area contributed by atoms with Crippen molar-refractivity contribution in [2.24, 2.45) is 4.99 Å². The molecule has 0 heterocycles. The summed E-state index contributed by atoms with van der Waals surface area (Å²) in [4.78, 5) is 3.73. The fourth-order valence-electron chi connectivity index (χ4n) is 0.112. The van der Waals surface area contributed by atoms with Gasteiger partial charge in [0.25, 0.3) is 0 Å². The fourth-order valence-corrected chi connectivity index (χ4v) is 0.112. The third-order valence-electron chi connectivity index (χ3n) is 0.403. The number of rotatable bonds is 0. The third-order valence-corrected chi connectivity index (χ3v) is 1.15. The number of halogens is 1. The standard InChI is InChI=1S/C3H7BrN2/c1-5-3(4)6-2/h1-2H3,(H,5,6). The van der Waals surface area contributed by atoms with Crippen molar-refractivity contribution in [1.29, 1.82) is 0 Å². The van der Waals surface area contributed by atoms with Crippen LogP contribution in [0.4, 0.5) is 0 Å². The van der Waals surface area contributed by atoms with Gasteiger partial charge in [-0.3, -0.25) is 4.99 Å². The lowest BCUT2D eigenvalue weighted by atomic mass is 11.1. The largest absolute Gasteiger partial charge is 0.368 e. The molecule has 0 rings (SSSR count). The maximum atomic E-state index is 3.73. The normalized spacial score (nSPS) is 11.5. The van der Waals surface area contributed by atoms with Gasteiger partial charge in [-0.15, -0.1) is 0 Å². The van der Waals surface area contributed by atoms with Gasteiger partial charge in [0.05, 0.1) is 0 Å². The molecule has 2 nitrogen and oxygen atoms in total. The van der Waals surface area contributed by atoms with Crippen LogP contribution in [0.5, 0.6) is 0 Å². The van der Waals surface area contributed by atoms with E-state index in [-0.39, 0.29) is 0 Å². The Morgan fingerprint density at radius 2 is 2.33 bits per heavy atom. The van der Waals surface area contributed by atoms with E-state index in [1.165, 1.54) is 0 Å². The van der Waals surface area contributed by atoms with Crippen LogP contribution in [0.1, 0.15) is 0 Å². The number of amidine groups is 1. The number of hydrogen-bond acceptors (Lipinski definition) is 1. The van der Waals surface area contributed by atoms with E-state index < -0.39 is 0 Å². The van der Waals surface area contributed by atoms with Crippen LogP contribution in [0, 0.1) is 0 Å². The van der Waals surface area contributed by atoms with Crippen LogP contribution >= 0.6 is 15.9 Å². The summed E-state index contributed by atoms with van der Waals surface area (Å²) in [5.41, 5.74) is 0. The van der Waals surface area contributed by atoms with Gasteiger partial charge < -0.3 is 5.32 Å². The minimum absolute atomic E-state index is 0.780. The van der Waals surface area contributed by atoms with Crippen molar-refractivity contribution < 1.29 is 0 Å². The molecule has 0 atom stereocenters. The van der Waals surface area contributed by atoms with Crippen molar-refractivity contribution in [1.82, 2.24) is 5.32 Å². The molecule has 0 unspecified atom stereocenters. The maximum Gasteiger partial charge on any atom is 0.165 e. The highest BCUT2D eigenvalue weighted by molar-refractivity contribution is 9.18. The first-order chi connectivity index (χ1) is 2.81. The minimum Gasteiger partial charge on any atom is -0.368 e. The lowest BCUT2D eigenvalue weighted by Gasteiger charge is -1.87. The molecule has 0 aromatic rings. The molecular formula is C3H7BrN2. The molecule has 1 N–H and O–H groups in total. The molecule has 0 fully saturated rings. The van der Waals surface area contributed by atoms with E-state index in [1.807, 2.05) is 0 Å². The molecule has 0 spiro atoms. The first kappa shape index (κ1) is 5.95. The molecular weight excluding hydrogens is 144 g/mol. The summed E-state index contributed by atoms with van der Waals surface area (Å²) >= 11 is 3.11. The maximum absolute atomic E-state index is 3.73. The number of aliphatic imine (C=N–C) groups is 1. The topological polar surface area (TPSA) is 24.4 Å². The van der Waals surface area contributed by atoms with Crippen LogP contribution in [-0.2, 0) is 0 Å². The summed E-state index contributed by atoms with van der Waals surface area (Å²) in [6.45, 7) is 0. The number of hydrogen-bond donors (Lipinski definition) is 1. The lowest BCUT2D eigenvalue weighted by Crippen LogP contribution is -2.09. The molecule has 0 saturated carbocycles. The molecule has 0 bridgehead atoms. The van der Waals surface area contributed by atoms with Crippen molar-refractivity contribution >= 4 is 20.7 Å². The first-order valence-corrected chi connectivity index (χ1v) is 2.40. The van der Waals surface area contributed by atoms with E-state index in [4.69, 9.17) is 0 Å². The molecule has 0 aliphatic rings. The number of nitrogens with zero attached hydrogens (tertiary/aromatic N) is 1. The van der Waals surface area contributed by atoms with Crippen LogP contribution in [-0.4, -0.2) is 18.8 Å². The average Bonchev–Trinajstić information content (AvgIpc) is 1.65. The number of nitrogens with one attached hydrogen (secondary N) is 1. The average molecular weight is 151 g/mol. The second kappa shape index (κ2) is 3.15. The van der Waals surface area contributed by atoms with Crippen molar-refractivity contribution in [2.45, 2.75) is 0 Å². The van der Waals surface area contributed by atoms with E-state index in [1.54, 1.807) is 14.1 Å². The Bertz CT molecular complexity index is 59.8. The summed E-state index contributed by atoms with van der Waals surface area (Å²) in [5, 5.41) is 2.78. The zero-order chi connectivity index (χ0) is 4.99. The molecule has 0 radical (unpaired) electrons. The van der Waals surface area contributed by atoms with E-state index in [0.717, 1.165) is 4.74 Å². The predicted octanol–water partition coefficient (Wildman–Crippen LogP) is 0.587. The van der Waals surface area contributed by atoms with E-state index >= 15 is 0 Å². The molecule has 0 aromatic carbocycles. The zero-order valence-corrected chi connectivity index (χ0v) is 5.41. The highest BCUT2D eigenvalue weighted by Gasteiger charge is 1.74. The van der Waals surface area contributed by atoms with Crippen LogP contribution in [0.25, 0.3) is 0 Å². The third kappa shape index (κ3) is 2.20. The van der Waals surface area contributed by atoms with Crippen molar-refractivity contribution in [3.8, 4) is 0 Å². The van der Waals surface area contributed by atoms with Crippen LogP contribution in [0.2, 0.25) is 0 Å². The molecule has 0 aromatic heterocycles. The Morgan fingerprint density at radius 3 is 2.33 bits per heavy atom. The van der Waals surface area contributed by atoms with E-state index in [9.17, 15) is 0 Å². The Kier molecular flexibility index (Phi) is 3.13.